The van der Waals surface area contributed by atoms with Crippen LogP contribution in [0, 0.1) is 5.92 Å². The van der Waals surface area contributed by atoms with Crippen molar-refractivity contribution >= 4 is 11.6 Å². The molecule has 1 heterocycles. The van der Waals surface area contributed by atoms with Crippen molar-refractivity contribution in [2.75, 3.05) is 5.32 Å². The van der Waals surface area contributed by atoms with Crippen molar-refractivity contribution in [2.45, 2.75) is 38.3 Å². The maximum Gasteiger partial charge on any atom is 0.433 e. The quantitative estimate of drug-likeness (QED) is 0.898. The fourth-order valence-electron chi connectivity index (χ4n) is 3.10. The van der Waals surface area contributed by atoms with Gasteiger partial charge >= 0.3 is 6.18 Å². The number of hydrogen-bond acceptors (Lipinski definition) is 2. The Morgan fingerprint density at radius 3 is 2.46 bits per heavy atom. The van der Waals surface area contributed by atoms with Crippen LogP contribution in [-0.2, 0) is 11.0 Å². The number of nitrogens with one attached hydrogen (secondary N) is 1. The largest absolute Gasteiger partial charge is 0.433 e. The fraction of sp³-hybridized carbons (Fsp3) is 0.412. The van der Waals surface area contributed by atoms with Crippen LogP contribution in [0.5, 0.6) is 0 Å². The minimum absolute atomic E-state index is 0.0512. The van der Waals surface area contributed by atoms with Gasteiger partial charge in [0.15, 0.2) is 0 Å². The van der Waals surface area contributed by atoms with E-state index in [1.165, 1.54) is 25.0 Å². The Balaban J connectivity index is 1.67. The molecule has 0 bridgehead atoms. The van der Waals surface area contributed by atoms with Crippen molar-refractivity contribution in [3.63, 3.8) is 0 Å². The Labute approximate surface area is 137 Å². The van der Waals surface area contributed by atoms with Gasteiger partial charge < -0.3 is 5.32 Å². The molecule has 0 radical (unpaired) electrons. The Morgan fingerprint density at radius 2 is 1.83 bits per heavy atom. The molecule has 128 valence electrons. The van der Waals surface area contributed by atoms with E-state index in [2.05, 4.69) is 10.4 Å². The van der Waals surface area contributed by atoms with Gasteiger partial charge in [-0.3, -0.25) is 4.79 Å². The lowest BCUT2D eigenvalue weighted by molar-refractivity contribution is -0.142. The van der Waals surface area contributed by atoms with Crippen LogP contribution in [0.15, 0.2) is 36.5 Å². The molecule has 0 atom stereocenters. The van der Waals surface area contributed by atoms with Gasteiger partial charge in [-0.15, -0.1) is 0 Å². The van der Waals surface area contributed by atoms with Crippen LogP contribution in [0.1, 0.15) is 37.8 Å². The van der Waals surface area contributed by atoms with Crippen LogP contribution < -0.4 is 5.32 Å². The first-order valence-electron chi connectivity index (χ1n) is 7.95. The summed E-state index contributed by atoms with van der Waals surface area (Å²) >= 11 is 0. The first-order chi connectivity index (χ1) is 11.4. The van der Waals surface area contributed by atoms with Crippen LogP contribution in [0.3, 0.4) is 0 Å². The van der Waals surface area contributed by atoms with Crippen molar-refractivity contribution in [2.24, 2.45) is 5.92 Å². The minimum atomic E-state index is -4.47. The van der Waals surface area contributed by atoms with E-state index in [-0.39, 0.29) is 5.91 Å². The third kappa shape index (κ3) is 3.77. The molecule has 1 aromatic carbocycles. The Morgan fingerprint density at radius 1 is 1.17 bits per heavy atom. The highest BCUT2D eigenvalue weighted by molar-refractivity contribution is 5.90. The molecule has 1 aromatic heterocycles. The lowest BCUT2D eigenvalue weighted by Gasteiger charge is -2.12. The van der Waals surface area contributed by atoms with Crippen LogP contribution >= 0.6 is 0 Å². The molecule has 4 nitrogen and oxygen atoms in total. The number of carbonyl (C=O) groups is 1. The van der Waals surface area contributed by atoms with Crippen LogP contribution in [0.25, 0.3) is 5.69 Å². The predicted molar refractivity (Wildman–Crippen MR) is 83.8 cm³/mol. The Hall–Kier alpha value is -2.31. The standard InChI is InChI=1S/C17H18F3N3O/c18-17(19,20)15-9-10-21-23(15)14-7-5-13(6-8-14)22-16(24)11-12-3-1-2-4-12/h5-10,12H,1-4,11H2,(H,22,24). The number of benzene rings is 1. The molecule has 0 spiro atoms. The summed E-state index contributed by atoms with van der Waals surface area (Å²) in [6.07, 6.45) is 1.68. The first-order valence-corrected chi connectivity index (χ1v) is 7.95. The fourth-order valence-corrected chi connectivity index (χ4v) is 3.10. The number of hydrogen-bond donors (Lipinski definition) is 1. The zero-order valence-electron chi connectivity index (χ0n) is 13.0. The maximum atomic E-state index is 12.9. The Kier molecular flexibility index (Phi) is 4.59. The molecule has 2 aromatic rings. The summed E-state index contributed by atoms with van der Waals surface area (Å²) in [5, 5.41) is 6.52. The van der Waals surface area contributed by atoms with Gasteiger partial charge in [0, 0.05) is 12.1 Å². The molecule has 1 N–H and O–H groups in total. The highest BCUT2D eigenvalue weighted by atomic mass is 19.4. The van der Waals surface area contributed by atoms with E-state index in [1.807, 2.05) is 0 Å². The minimum Gasteiger partial charge on any atom is -0.326 e. The number of anilines is 1. The van der Waals surface area contributed by atoms with Gasteiger partial charge in [0.25, 0.3) is 0 Å². The third-order valence-corrected chi connectivity index (χ3v) is 4.28. The molecule has 1 saturated carbocycles. The van der Waals surface area contributed by atoms with E-state index in [0.717, 1.165) is 29.8 Å². The van der Waals surface area contributed by atoms with Gasteiger partial charge in [0.1, 0.15) is 5.69 Å². The number of rotatable bonds is 4. The molecular formula is C17H18F3N3O. The summed E-state index contributed by atoms with van der Waals surface area (Å²) in [6, 6.07) is 7.12. The van der Waals surface area contributed by atoms with Crippen molar-refractivity contribution in [1.29, 1.82) is 0 Å². The molecule has 0 aliphatic heterocycles. The van der Waals surface area contributed by atoms with E-state index in [0.29, 0.717) is 23.7 Å². The molecule has 3 rings (SSSR count). The number of carbonyl (C=O) groups excluding carboxylic acids is 1. The number of nitrogens with zero attached hydrogens (tertiary/aromatic N) is 2. The SMILES string of the molecule is O=C(CC1CCCC1)Nc1ccc(-n2nccc2C(F)(F)F)cc1. The van der Waals surface area contributed by atoms with E-state index < -0.39 is 11.9 Å². The predicted octanol–water partition coefficient (Wildman–Crippen LogP) is 4.41. The zero-order valence-corrected chi connectivity index (χ0v) is 13.0. The van der Waals surface area contributed by atoms with E-state index in [9.17, 15) is 18.0 Å². The molecule has 1 fully saturated rings. The van der Waals surface area contributed by atoms with Gasteiger partial charge in [-0.2, -0.15) is 18.3 Å². The summed E-state index contributed by atoms with van der Waals surface area (Å²) < 4.78 is 39.5. The number of aromatic nitrogens is 2. The monoisotopic (exact) mass is 337 g/mol. The van der Waals surface area contributed by atoms with Gasteiger partial charge in [0.2, 0.25) is 5.91 Å². The van der Waals surface area contributed by atoms with Crippen molar-refractivity contribution in [3.05, 3.63) is 42.2 Å². The number of halogens is 3. The summed E-state index contributed by atoms with van der Waals surface area (Å²) in [5.41, 5.74) is 0.0316. The molecule has 24 heavy (non-hydrogen) atoms. The third-order valence-electron chi connectivity index (χ3n) is 4.28. The van der Waals surface area contributed by atoms with Crippen molar-refractivity contribution < 1.29 is 18.0 Å². The van der Waals surface area contributed by atoms with Crippen LogP contribution in [0.4, 0.5) is 18.9 Å². The normalized spacial score (nSPS) is 15.6. The molecule has 1 amide bonds. The van der Waals surface area contributed by atoms with E-state index in [1.54, 1.807) is 12.1 Å². The molecular weight excluding hydrogens is 319 g/mol. The van der Waals surface area contributed by atoms with Gasteiger partial charge in [-0.05, 0) is 49.1 Å². The summed E-state index contributed by atoms with van der Waals surface area (Å²) in [4.78, 5) is 12.0. The highest BCUT2D eigenvalue weighted by Gasteiger charge is 2.35. The smallest absolute Gasteiger partial charge is 0.326 e. The van der Waals surface area contributed by atoms with Crippen molar-refractivity contribution in [3.8, 4) is 5.69 Å². The second-order valence-electron chi connectivity index (χ2n) is 6.08. The highest BCUT2D eigenvalue weighted by Crippen LogP contribution is 2.31. The average Bonchev–Trinajstić information content (AvgIpc) is 3.18. The van der Waals surface area contributed by atoms with Gasteiger partial charge in [-0.1, -0.05) is 12.8 Å². The van der Waals surface area contributed by atoms with Gasteiger partial charge in [0.05, 0.1) is 11.9 Å². The lowest BCUT2D eigenvalue weighted by Crippen LogP contribution is -2.15. The van der Waals surface area contributed by atoms with Crippen LogP contribution in [-0.4, -0.2) is 15.7 Å². The molecule has 7 heteroatoms. The summed E-state index contributed by atoms with van der Waals surface area (Å²) in [5.74, 6) is 0.396. The number of amides is 1. The van der Waals surface area contributed by atoms with Crippen LogP contribution in [0.2, 0.25) is 0 Å². The summed E-state index contributed by atoms with van der Waals surface area (Å²) in [6.45, 7) is 0. The average molecular weight is 337 g/mol. The molecule has 1 aliphatic carbocycles. The van der Waals surface area contributed by atoms with E-state index in [4.69, 9.17) is 0 Å². The second kappa shape index (κ2) is 6.67. The lowest BCUT2D eigenvalue weighted by atomic mass is 10.0. The Bertz CT molecular complexity index is 701. The topological polar surface area (TPSA) is 46.9 Å². The molecule has 1 aliphatic rings. The molecule has 0 unspecified atom stereocenters. The van der Waals surface area contributed by atoms with E-state index >= 15 is 0 Å². The summed E-state index contributed by atoms with van der Waals surface area (Å²) in [7, 11) is 0. The zero-order chi connectivity index (χ0) is 17.2. The number of alkyl halides is 3. The van der Waals surface area contributed by atoms with Crippen molar-refractivity contribution in [1.82, 2.24) is 9.78 Å². The van der Waals surface area contributed by atoms with Gasteiger partial charge in [-0.25, -0.2) is 4.68 Å². The second-order valence-corrected chi connectivity index (χ2v) is 6.08. The molecule has 0 saturated heterocycles. The maximum absolute atomic E-state index is 12.9. The first kappa shape index (κ1) is 16.5.